The maximum absolute atomic E-state index is 13.9. The number of fused-ring (bicyclic) bond motifs is 1. The molecule has 0 bridgehead atoms. The zero-order valence-corrected chi connectivity index (χ0v) is 20.2. The standard InChI is InChI=1S/C25H23FN2O7S/c1-34-22-13-17-21(14-20(22)28(11-12-29)36(2,32)33)35-24(23(17)25(30)31)15-7-9-16(10-8-15)27-19-6-4-3-5-18(19)26/h3-10,13-14,27,29H,11-12H2,1-2H3,(H,30,31). The molecule has 188 valence electrons. The average Bonchev–Trinajstić information content (AvgIpc) is 3.21. The number of furan rings is 1. The highest BCUT2D eigenvalue weighted by atomic mass is 32.2. The second kappa shape index (κ2) is 9.88. The number of carboxylic acid groups (broad SMARTS) is 1. The van der Waals surface area contributed by atoms with Crippen LogP contribution < -0.4 is 14.4 Å². The second-order valence-corrected chi connectivity index (χ2v) is 9.78. The number of hydrogen-bond acceptors (Lipinski definition) is 7. The number of methoxy groups -OCH3 is 1. The Hall–Kier alpha value is -4.09. The number of sulfonamides is 1. The minimum Gasteiger partial charge on any atom is -0.495 e. The van der Waals surface area contributed by atoms with Crippen molar-refractivity contribution in [1.82, 2.24) is 0 Å². The van der Waals surface area contributed by atoms with Gasteiger partial charge in [-0.1, -0.05) is 12.1 Å². The van der Waals surface area contributed by atoms with Crippen LogP contribution in [0.5, 0.6) is 5.75 Å². The number of para-hydroxylation sites is 1. The molecule has 0 aliphatic heterocycles. The van der Waals surface area contributed by atoms with Crippen LogP contribution in [0.25, 0.3) is 22.3 Å². The molecule has 0 unspecified atom stereocenters. The Labute approximate surface area is 206 Å². The van der Waals surface area contributed by atoms with E-state index in [1.807, 2.05) is 0 Å². The molecule has 3 N–H and O–H groups in total. The van der Waals surface area contributed by atoms with Gasteiger partial charge in [-0.25, -0.2) is 17.6 Å². The van der Waals surface area contributed by atoms with E-state index in [1.54, 1.807) is 42.5 Å². The lowest BCUT2D eigenvalue weighted by Crippen LogP contribution is -2.32. The average molecular weight is 515 g/mol. The van der Waals surface area contributed by atoms with Gasteiger partial charge in [-0.2, -0.15) is 0 Å². The van der Waals surface area contributed by atoms with Crippen LogP contribution in [-0.2, 0) is 10.0 Å². The Morgan fingerprint density at radius 1 is 1.14 bits per heavy atom. The molecule has 4 rings (SSSR count). The molecule has 9 nitrogen and oxygen atoms in total. The number of ether oxygens (including phenoxy) is 1. The molecule has 1 heterocycles. The van der Waals surface area contributed by atoms with Crippen molar-refractivity contribution in [3.05, 3.63) is 72.0 Å². The summed E-state index contributed by atoms with van der Waals surface area (Å²) in [5.41, 5.74) is 1.41. The van der Waals surface area contributed by atoms with Gasteiger partial charge < -0.3 is 24.7 Å². The Kier molecular flexibility index (Phi) is 6.86. The number of nitrogens with zero attached hydrogens (tertiary/aromatic N) is 1. The van der Waals surface area contributed by atoms with Gasteiger partial charge in [0, 0.05) is 22.7 Å². The molecule has 0 saturated carbocycles. The van der Waals surface area contributed by atoms with Crippen LogP contribution in [0.3, 0.4) is 0 Å². The maximum Gasteiger partial charge on any atom is 0.340 e. The fourth-order valence-corrected chi connectivity index (χ4v) is 4.78. The fraction of sp³-hybridized carbons (Fsp3) is 0.160. The summed E-state index contributed by atoms with van der Waals surface area (Å²) in [6.45, 7) is -0.665. The lowest BCUT2D eigenvalue weighted by Gasteiger charge is -2.23. The molecule has 11 heteroatoms. The Morgan fingerprint density at radius 2 is 1.83 bits per heavy atom. The predicted molar refractivity (Wildman–Crippen MR) is 134 cm³/mol. The lowest BCUT2D eigenvalue weighted by molar-refractivity contribution is 0.0699. The number of hydrogen-bond donors (Lipinski definition) is 3. The summed E-state index contributed by atoms with van der Waals surface area (Å²) in [5.74, 6) is -1.51. The largest absolute Gasteiger partial charge is 0.495 e. The van der Waals surface area contributed by atoms with E-state index in [2.05, 4.69) is 5.32 Å². The zero-order chi connectivity index (χ0) is 26.0. The molecule has 0 atom stereocenters. The van der Waals surface area contributed by atoms with Crippen LogP contribution in [0, 0.1) is 5.82 Å². The smallest absolute Gasteiger partial charge is 0.340 e. The first-order valence-corrected chi connectivity index (χ1v) is 12.6. The minimum atomic E-state index is -3.79. The highest BCUT2D eigenvalue weighted by Gasteiger charge is 2.27. The summed E-state index contributed by atoms with van der Waals surface area (Å²) in [5, 5.41) is 22.5. The summed E-state index contributed by atoms with van der Waals surface area (Å²) in [6.07, 6.45) is 0.986. The van der Waals surface area contributed by atoms with Crippen molar-refractivity contribution in [3.63, 3.8) is 0 Å². The number of aliphatic hydroxyl groups excluding tert-OH is 1. The van der Waals surface area contributed by atoms with E-state index in [9.17, 15) is 27.8 Å². The molecule has 0 amide bonds. The van der Waals surface area contributed by atoms with Crippen LogP contribution in [-0.4, -0.2) is 51.1 Å². The highest BCUT2D eigenvalue weighted by Crippen LogP contribution is 2.41. The number of aliphatic hydroxyl groups is 1. The van der Waals surface area contributed by atoms with Gasteiger partial charge >= 0.3 is 5.97 Å². The first-order valence-electron chi connectivity index (χ1n) is 10.7. The monoisotopic (exact) mass is 514 g/mol. The maximum atomic E-state index is 13.9. The van der Waals surface area contributed by atoms with Crippen molar-refractivity contribution in [2.75, 3.05) is 36.1 Å². The minimum absolute atomic E-state index is 0.0576. The quantitative estimate of drug-likeness (QED) is 0.299. The van der Waals surface area contributed by atoms with Gasteiger partial charge in [0.25, 0.3) is 0 Å². The number of anilines is 3. The third kappa shape index (κ3) is 4.83. The van der Waals surface area contributed by atoms with E-state index in [4.69, 9.17) is 9.15 Å². The molecular weight excluding hydrogens is 491 g/mol. The number of aromatic carboxylic acids is 1. The Balaban J connectivity index is 1.81. The van der Waals surface area contributed by atoms with Gasteiger partial charge in [-0.05, 0) is 42.5 Å². The Bertz CT molecular complexity index is 1530. The van der Waals surface area contributed by atoms with Gasteiger partial charge in [-0.15, -0.1) is 0 Å². The summed E-state index contributed by atoms with van der Waals surface area (Å²) in [7, 11) is -2.46. The molecule has 0 spiro atoms. The van der Waals surface area contributed by atoms with Crippen LogP contribution in [0.15, 0.2) is 65.1 Å². The van der Waals surface area contributed by atoms with Gasteiger partial charge in [0.05, 0.1) is 37.9 Å². The van der Waals surface area contributed by atoms with E-state index in [0.29, 0.717) is 11.3 Å². The summed E-state index contributed by atoms with van der Waals surface area (Å²) in [4.78, 5) is 12.2. The lowest BCUT2D eigenvalue weighted by atomic mass is 10.0. The van der Waals surface area contributed by atoms with Crippen LogP contribution >= 0.6 is 0 Å². The second-order valence-electron chi connectivity index (χ2n) is 7.87. The van der Waals surface area contributed by atoms with E-state index in [0.717, 1.165) is 10.6 Å². The van der Waals surface area contributed by atoms with Crippen molar-refractivity contribution in [2.24, 2.45) is 0 Å². The van der Waals surface area contributed by atoms with E-state index in [1.165, 1.54) is 25.3 Å². The number of carbonyl (C=O) groups is 1. The van der Waals surface area contributed by atoms with Crippen molar-refractivity contribution < 1.29 is 37.0 Å². The summed E-state index contributed by atoms with van der Waals surface area (Å²) in [6, 6.07) is 15.5. The Morgan fingerprint density at radius 3 is 2.42 bits per heavy atom. The zero-order valence-electron chi connectivity index (χ0n) is 19.4. The summed E-state index contributed by atoms with van der Waals surface area (Å²) < 4.78 is 50.8. The van der Waals surface area contributed by atoms with Gasteiger partial charge in [0.15, 0.2) is 0 Å². The third-order valence-electron chi connectivity index (χ3n) is 5.48. The van der Waals surface area contributed by atoms with Gasteiger partial charge in [0.1, 0.15) is 28.5 Å². The van der Waals surface area contributed by atoms with Crippen LogP contribution in [0.4, 0.5) is 21.5 Å². The number of rotatable bonds is 9. The summed E-state index contributed by atoms with van der Waals surface area (Å²) >= 11 is 0. The number of nitrogens with one attached hydrogen (secondary N) is 1. The molecule has 3 aromatic carbocycles. The predicted octanol–water partition coefficient (Wildman–Crippen LogP) is 4.45. The number of halogens is 1. The van der Waals surface area contributed by atoms with E-state index < -0.39 is 28.4 Å². The molecule has 0 aliphatic carbocycles. The van der Waals surface area contributed by atoms with Crippen molar-refractivity contribution in [2.45, 2.75) is 0 Å². The topological polar surface area (TPSA) is 129 Å². The van der Waals surface area contributed by atoms with Gasteiger partial charge in [0.2, 0.25) is 10.0 Å². The first-order chi connectivity index (χ1) is 17.1. The SMILES string of the molecule is COc1cc2c(C(=O)O)c(-c3ccc(Nc4ccccc4F)cc3)oc2cc1N(CCO)S(C)(=O)=O. The molecule has 0 radical (unpaired) electrons. The van der Waals surface area contributed by atoms with E-state index in [-0.39, 0.29) is 46.0 Å². The molecule has 36 heavy (non-hydrogen) atoms. The molecule has 4 aromatic rings. The van der Waals surface area contributed by atoms with Crippen molar-refractivity contribution in [3.8, 4) is 17.1 Å². The van der Waals surface area contributed by atoms with Crippen LogP contribution in [0.2, 0.25) is 0 Å². The molecule has 0 saturated heterocycles. The molecule has 0 aliphatic rings. The first kappa shape index (κ1) is 25.0. The van der Waals surface area contributed by atoms with Crippen molar-refractivity contribution in [1.29, 1.82) is 0 Å². The van der Waals surface area contributed by atoms with Crippen molar-refractivity contribution >= 4 is 44.0 Å². The highest BCUT2D eigenvalue weighted by molar-refractivity contribution is 7.92. The molecule has 0 fully saturated rings. The number of carboxylic acids is 1. The number of benzene rings is 3. The van der Waals surface area contributed by atoms with Gasteiger partial charge in [-0.3, -0.25) is 4.31 Å². The van der Waals surface area contributed by atoms with Crippen LogP contribution in [0.1, 0.15) is 10.4 Å². The third-order valence-corrected chi connectivity index (χ3v) is 6.66. The fourth-order valence-electron chi connectivity index (χ4n) is 3.87. The molecule has 1 aromatic heterocycles. The van der Waals surface area contributed by atoms with E-state index >= 15 is 0 Å². The normalized spacial score (nSPS) is 11.4. The molecular formula is C25H23FN2O7S.